The Morgan fingerprint density at radius 2 is 1.89 bits per heavy atom. The highest BCUT2D eigenvalue weighted by Crippen LogP contribution is 2.33. The Balaban J connectivity index is 1.93. The first kappa shape index (κ1) is 20.4. The molecule has 1 saturated heterocycles. The molecular weight excluding hydrogens is 409 g/mol. The first-order valence-corrected chi connectivity index (χ1v) is 10.8. The van der Waals surface area contributed by atoms with E-state index < -0.39 is 16.1 Å². The summed E-state index contributed by atoms with van der Waals surface area (Å²) in [5.41, 5.74) is 1.68. The van der Waals surface area contributed by atoms with E-state index in [9.17, 15) is 8.42 Å². The van der Waals surface area contributed by atoms with E-state index in [0.717, 1.165) is 17.5 Å². The van der Waals surface area contributed by atoms with Gasteiger partial charge in [-0.3, -0.25) is 0 Å². The number of rotatable bonds is 5. The summed E-state index contributed by atoms with van der Waals surface area (Å²) in [7, 11) is -2.27. The smallest absolute Gasteiger partial charge is 0.246 e. The molecule has 1 fully saturated rings. The van der Waals surface area contributed by atoms with Crippen molar-refractivity contribution in [3.8, 4) is 5.75 Å². The maximum absolute atomic E-state index is 13.3. The zero-order valence-corrected chi connectivity index (χ0v) is 17.4. The van der Waals surface area contributed by atoms with Gasteiger partial charge in [-0.15, -0.1) is 0 Å². The number of halogens is 2. The van der Waals surface area contributed by atoms with Gasteiger partial charge in [0.2, 0.25) is 10.0 Å². The lowest BCUT2D eigenvalue weighted by atomic mass is 10.1. The van der Waals surface area contributed by atoms with Crippen LogP contribution >= 0.6 is 23.2 Å². The van der Waals surface area contributed by atoms with E-state index in [2.05, 4.69) is 0 Å². The summed E-state index contributed by atoms with van der Waals surface area (Å²) in [6, 6.07) is 10.4. The summed E-state index contributed by atoms with van der Waals surface area (Å²) >= 11 is 12.2. The third kappa shape index (κ3) is 4.41. The molecule has 3 rings (SSSR count). The Kier molecular flexibility index (Phi) is 6.33. The fraction of sp³-hybridized carbons (Fsp3) is 0.368. The van der Waals surface area contributed by atoms with Crippen molar-refractivity contribution in [1.29, 1.82) is 0 Å². The molecule has 27 heavy (non-hydrogen) atoms. The summed E-state index contributed by atoms with van der Waals surface area (Å²) in [6.07, 6.45) is 0.296. The van der Waals surface area contributed by atoms with Gasteiger partial charge in [0.1, 0.15) is 10.6 Å². The molecular formula is C19H21Cl2NO4S. The van der Waals surface area contributed by atoms with Gasteiger partial charge in [-0.2, -0.15) is 4.31 Å². The van der Waals surface area contributed by atoms with Crippen molar-refractivity contribution in [2.24, 2.45) is 0 Å². The molecule has 2 aromatic carbocycles. The number of sulfonamides is 1. The van der Waals surface area contributed by atoms with Gasteiger partial charge in [-0.1, -0.05) is 36.2 Å². The zero-order valence-electron chi connectivity index (χ0n) is 15.1. The Morgan fingerprint density at radius 1 is 1.19 bits per heavy atom. The number of hydrogen-bond acceptors (Lipinski definition) is 4. The highest BCUT2D eigenvalue weighted by molar-refractivity contribution is 7.89. The maximum atomic E-state index is 13.3. The zero-order chi connectivity index (χ0) is 19.6. The Morgan fingerprint density at radius 3 is 2.52 bits per heavy atom. The van der Waals surface area contributed by atoms with Crippen LogP contribution in [0.4, 0.5) is 0 Å². The largest absolute Gasteiger partial charge is 0.495 e. The number of ether oxygens (including phenoxy) is 2. The number of methoxy groups -OCH3 is 1. The number of morpholine rings is 1. The van der Waals surface area contributed by atoms with Crippen molar-refractivity contribution >= 4 is 33.2 Å². The van der Waals surface area contributed by atoms with Crippen molar-refractivity contribution < 1.29 is 17.9 Å². The number of nitrogens with zero attached hydrogens (tertiary/aromatic N) is 1. The lowest BCUT2D eigenvalue weighted by Gasteiger charge is -2.33. The number of aryl methyl sites for hydroxylation is 1. The van der Waals surface area contributed by atoms with E-state index in [1.165, 1.54) is 11.4 Å². The van der Waals surface area contributed by atoms with Crippen LogP contribution in [-0.2, 0) is 21.2 Å². The molecule has 0 aliphatic carbocycles. The fourth-order valence-corrected chi connectivity index (χ4v) is 5.26. The van der Waals surface area contributed by atoms with Gasteiger partial charge in [0.25, 0.3) is 0 Å². The monoisotopic (exact) mass is 429 g/mol. The molecule has 1 aliphatic heterocycles. The van der Waals surface area contributed by atoms with Gasteiger partial charge in [0.05, 0.1) is 19.8 Å². The minimum Gasteiger partial charge on any atom is -0.495 e. The Labute approximate surface area is 169 Å². The van der Waals surface area contributed by atoms with E-state index in [-0.39, 0.29) is 24.6 Å². The molecule has 8 heteroatoms. The first-order chi connectivity index (χ1) is 12.8. The van der Waals surface area contributed by atoms with Crippen molar-refractivity contribution in [3.05, 3.63) is 57.6 Å². The molecule has 0 saturated carbocycles. The third-order valence-corrected chi connectivity index (χ3v) is 6.86. The standard InChI is InChI=1S/C19H21Cl2NO4S/c1-3-13-4-5-17(25-2)19(8-13)27(23,24)22-6-7-26-18(12-22)14-9-15(20)11-16(21)10-14/h4-5,8-11,18H,3,6-7,12H2,1-2H3. The average molecular weight is 430 g/mol. The number of hydrogen-bond donors (Lipinski definition) is 0. The Bertz CT molecular complexity index is 913. The second-order valence-electron chi connectivity index (χ2n) is 6.26. The van der Waals surface area contributed by atoms with Crippen LogP contribution < -0.4 is 4.74 Å². The summed E-state index contributed by atoms with van der Waals surface area (Å²) in [4.78, 5) is 0.175. The minimum atomic E-state index is -3.74. The molecule has 0 aromatic heterocycles. The van der Waals surface area contributed by atoms with Crippen LogP contribution in [0.15, 0.2) is 41.3 Å². The van der Waals surface area contributed by atoms with E-state index in [1.807, 2.05) is 13.0 Å². The predicted molar refractivity (Wildman–Crippen MR) is 106 cm³/mol. The van der Waals surface area contributed by atoms with Gasteiger partial charge in [0.15, 0.2) is 0 Å². The average Bonchev–Trinajstić information content (AvgIpc) is 2.66. The lowest BCUT2D eigenvalue weighted by molar-refractivity contribution is -0.00258. The van der Waals surface area contributed by atoms with Gasteiger partial charge >= 0.3 is 0 Å². The molecule has 1 heterocycles. The maximum Gasteiger partial charge on any atom is 0.246 e. The molecule has 146 valence electrons. The van der Waals surface area contributed by atoms with Crippen molar-refractivity contribution in [1.82, 2.24) is 4.31 Å². The molecule has 1 unspecified atom stereocenters. The molecule has 1 atom stereocenters. The third-order valence-electron chi connectivity index (χ3n) is 4.54. The van der Waals surface area contributed by atoms with Gasteiger partial charge in [-0.05, 0) is 47.9 Å². The lowest BCUT2D eigenvalue weighted by Crippen LogP contribution is -2.42. The van der Waals surface area contributed by atoms with E-state index in [0.29, 0.717) is 15.8 Å². The van der Waals surface area contributed by atoms with Crippen LogP contribution in [0.5, 0.6) is 5.75 Å². The predicted octanol–water partition coefficient (Wildman–Crippen LogP) is 4.33. The van der Waals surface area contributed by atoms with Gasteiger partial charge in [-0.25, -0.2) is 8.42 Å². The SMILES string of the molecule is CCc1ccc(OC)c(S(=O)(=O)N2CCOC(c3cc(Cl)cc(Cl)c3)C2)c1. The fourth-order valence-electron chi connectivity index (χ4n) is 3.09. The second kappa shape index (κ2) is 8.37. The van der Waals surface area contributed by atoms with Crippen molar-refractivity contribution in [2.75, 3.05) is 26.8 Å². The van der Waals surface area contributed by atoms with Gasteiger partial charge in [0, 0.05) is 23.1 Å². The summed E-state index contributed by atoms with van der Waals surface area (Å²) in [6.45, 7) is 2.71. The van der Waals surface area contributed by atoms with E-state index >= 15 is 0 Å². The summed E-state index contributed by atoms with van der Waals surface area (Å²) in [5, 5.41) is 0.969. The number of benzene rings is 2. The molecule has 0 N–H and O–H groups in total. The molecule has 0 radical (unpaired) electrons. The van der Waals surface area contributed by atoms with E-state index in [1.54, 1.807) is 30.3 Å². The normalized spacial score (nSPS) is 18.4. The molecule has 5 nitrogen and oxygen atoms in total. The highest BCUT2D eigenvalue weighted by Gasteiger charge is 2.33. The highest BCUT2D eigenvalue weighted by atomic mass is 35.5. The molecule has 2 aromatic rings. The molecule has 0 bridgehead atoms. The minimum absolute atomic E-state index is 0.175. The molecule has 0 spiro atoms. The summed E-state index contributed by atoms with van der Waals surface area (Å²) in [5.74, 6) is 0.334. The molecule has 0 amide bonds. The first-order valence-electron chi connectivity index (χ1n) is 8.59. The van der Waals surface area contributed by atoms with Crippen LogP contribution in [0.2, 0.25) is 10.0 Å². The van der Waals surface area contributed by atoms with Crippen LogP contribution in [0.1, 0.15) is 24.2 Å². The second-order valence-corrected chi connectivity index (χ2v) is 9.04. The van der Waals surface area contributed by atoms with Crippen LogP contribution in [-0.4, -0.2) is 39.5 Å². The van der Waals surface area contributed by atoms with Gasteiger partial charge < -0.3 is 9.47 Å². The van der Waals surface area contributed by atoms with Crippen molar-refractivity contribution in [2.45, 2.75) is 24.3 Å². The Hall–Kier alpha value is -1.31. The molecule has 1 aliphatic rings. The van der Waals surface area contributed by atoms with Crippen molar-refractivity contribution in [3.63, 3.8) is 0 Å². The van der Waals surface area contributed by atoms with Crippen LogP contribution in [0.3, 0.4) is 0 Å². The van der Waals surface area contributed by atoms with Crippen LogP contribution in [0, 0.1) is 0 Å². The summed E-state index contributed by atoms with van der Waals surface area (Å²) < 4.78 is 39.1. The topological polar surface area (TPSA) is 55.8 Å². The quantitative estimate of drug-likeness (QED) is 0.709. The van der Waals surface area contributed by atoms with E-state index in [4.69, 9.17) is 32.7 Å². The van der Waals surface area contributed by atoms with Crippen LogP contribution in [0.25, 0.3) is 0 Å².